The Kier molecular flexibility index (Phi) is 2.47. The maximum absolute atomic E-state index is 11.5. The molecular weight excluding hydrogens is 177 g/mol. The highest BCUT2D eigenvalue weighted by Crippen LogP contribution is 2.33. The van der Waals surface area contributed by atoms with E-state index >= 15 is 0 Å². The van der Waals surface area contributed by atoms with E-state index in [9.17, 15) is 18.0 Å². The molecule has 1 rings (SSSR count). The van der Waals surface area contributed by atoms with Crippen LogP contribution in [0.1, 0.15) is 6.42 Å². The lowest BCUT2D eigenvalue weighted by Gasteiger charge is -2.22. The molecule has 1 atom stereocenters. The Bertz CT molecular complexity index is 166. The van der Waals surface area contributed by atoms with Gasteiger partial charge in [0.25, 0.3) is 0 Å². The molecule has 1 saturated heterocycles. The van der Waals surface area contributed by atoms with Crippen molar-refractivity contribution in [1.29, 1.82) is 0 Å². The van der Waals surface area contributed by atoms with Crippen LogP contribution in [0, 0.1) is 12.3 Å². The molecule has 11 heavy (non-hydrogen) atoms. The van der Waals surface area contributed by atoms with Gasteiger partial charge >= 0.3 is 6.18 Å². The fraction of sp³-hybridized carbons (Fsp3) is 0.667. The van der Waals surface area contributed by atoms with E-state index in [-0.39, 0.29) is 23.9 Å². The fourth-order valence-electron chi connectivity index (χ4n) is 0.709. The number of carbonyl (C=O) groups excluding carboxylic acids is 1. The fourth-order valence-corrected chi connectivity index (χ4v) is 1.48. The summed E-state index contributed by atoms with van der Waals surface area (Å²) in [4.78, 5) is 10.5. The monoisotopic (exact) mass is 183 g/mol. The first kappa shape index (κ1) is 8.90. The zero-order valence-electron chi connectivity index (χ0n) is 5.52. The summed E-state index contributed by atoms with van der Waals surface area (Å²) >= 11 is 1.09. The van der Waals surface area contributed by atoms with Gasteiger partial charge in [-0.3, -0.25) is 4.79 Å². The standard InChI is InChI=1S/C6H6F3OS/c7-6(8,9)2-1-4-3-11-5(4)10/h2,4H,1,3H2. The van der Waals surface area contributed by atoms with E-state index in [1.165, 1.54) is 0 Å². The Morgan fingerprint density at radius 1 is 1.64 bits per heavy atom. The molecule has 1 nitrogen and oxygen atoms in total. The van der Waals surface area contributed by atoms with Crippen LogP contribution in [0.15, 0.2) is 0 Å². The quantitative estimate of drug-likeness (QED) is 0.651. The maximum atomic E-state index is 11.5. The molecule has 0 aromatic carbocycles. The highest BCUT2D eigenvalue weighted by molar-refractivity contribution is 8.15. The zero-order chi connectivity index (χ0) is 8.48. The Labute approximate surface area is 66.3 Å². The molecule has 63 valence electrons. The average Bonchev–Trinajstić information content (AvgIpc) is 1.82. The highest BCUT2D eigenvalue weighted by Gasteiger charge is 2.35. The van der Waals surface area contributed by atoms with E-state index in [1.807, 2.05) is 0 Å². The van der Waals surface area contributed by atoms with Gasteiger partial charge in [0.2, 0.25) is 0 Å². The van der Waals surface area contributed by atoms with Crippen molar-refractivity contribution in [3.8, 4) is 0 Å². The first-order valence-corrected chi connectivity index (χ1v) is 4.05. The van der Waals surface area contributed by atoms with E-state index in [0.717, 1.165) is 11.8 Å². The van der Waals surface area contributed by atoms with E-state index < -0.39 is 6.18 Å². The largest absolute Gasteiger partial charge is 0.392 e. The van der Waals surface area contributed by atoms with Crippen molar-refractivity contribution >= 4 is 16.9 Å². The third-order valence-electron chi connectivity index (χ3n) is 1.39. The minimum Gasteiger partial charge on any atom is -0.287 e. The number of carbonyl (C=O) groups is 1. The van der Waals surface area contributed by atoms with Gasteiger partial charge in [0.15, 0.2) is 5.12 Å². The molecule has 0 aliphatic carbocycles. The van der Waals surface area contributed by atoms with Crippen LogP contribution in [0.3, 0.4) is 0 Å². The van der Waals surface area contributed by atoms with Crippen LogP contribution >= 0.6 is 11.8 Å². The second-order valence-corrected chi connectivity index (χ2v) is 3.33. The van der Waals surface area contributed by atoms with Crippen LogP contribution in [0.5, 0.6) is 0 Å². The van der Waals surface area contributed by atoms with E-state index in [1.54, 1.807) is 0 Å². The van der Waals surface area contributed by atoms with Crippen LogP contribution in [0.2, 0.25) is 0 Å². The average molecular weight is 183 g/mol. The van der Waals surface area contributed by atoms with Gasteiger partial charge in [-0.05, 0) is 6.42 Å². The summed E-state index contributed by atoms with van der Waals surface area (Å²) in [6.07, 6.45) is -4.15. The molecule has 1 fully saturated rings. The summed E-state index contributed by atoms with van der Waals surface area (Å²) in [5, 5.41) is -0.120. The molecule has 0 spiro atoms. The van der Waals surface area contributed by atoms with Crippen molar-refractivity contribution in [2.45, 2.75) is 12.6 Å². The molecule has 0 N–H and O–H groups in total. The number of halogens is 3. The molecule has 0 aromatic heterocycles. The topological polar surface area (TPSA) is 17.1 Å². The molecular formula is C6H6F3OS. The van der Waals surface area contributed by atoms with Gasteiger partial charge in [0.05, 0.1) is 6.42 Å². The predicted octanol–water partition coefficient (Wildman–Crippen LogP) is 2.03. The number of thioether (sulfide) groups is 1. The molecule has 1 heterocycles. The summed E-state index contributed by atoms with van der Waals surface area (Å²) in [6, 6.07) is 0. The van der Waals surface area contributed by atoms with Gasteiger partial charge in [-0.2, -0.15) is 13.2 Å². The molecule has 0 bridgehead atoms. The van der Waals surface area contributed by atoms with Gasteiger partial charge in [-0.25, -0.2) is 0 Å². The van der Waals surface area contributed by atoms with Gasteiger partial charge < -0.3 is 0 Å². The molecule has 5 heteroatoms. The second kappa shape index (κ2) is 3.05. The van der Waals surface area contributed by atoms with Gasteiger partial charge in [0, 0.05) is 11.7 Å². The van der Waals surface area contributed by atoms with Crippen molar-refractivity contribution in [1.82, 2.24) is 0 Å². The summed E-state index contributed by atoms with van der Waals surface area (Å²) in [5.41, 5.74) is 0. The van der Waals surface area contributed by atoms with Crippen LogP contribution in [0.25, 0.3) is 0 Å². The minimum atomic E-state index is -4.24. The maximum Gasteiger partial charge on any atom is 0.392 e. The van der Waals surface area contributed by atoms with Crippen LogP contribution in [-0.2, 0) is 4.79 Å². The summed E-state index contributed by atoms with van der Waals surface area (Å²) in [7, 11) is 0. The summed E-state index contributed by atoms with van der Waals surface area (Å²) in [5.74, 6) is 0.146. The predicted molar refractivity (Wildman–Crippen MR) is 35.9 cm³/mol. The lowest BCUT2D eigenvalue weighted by Crippen LogP contribution is -2.27. The Morgan fingerprint density at radius 2 is 2.27 bits per heavy atom. The molecule has 1 aliphatic heterocycles. The lowest BCUT2D eigenvalue weighted by molar-refractivity contribution is -0.117. The third-order valence-corrected chi connectivity index (χ3v) is 2.58. The highest BCUT2D eigenvalue weighted by atomic mass is 32.2. The van der Waals surface area contributed by atoms with Crippen molar-refractivity contribution in [2.75, 3.05) is 5.75 Å². The Morgan fingerprint density at radius 3 is 2.55 bits per heavy atom. The zero-order valence-corrected chi connectivity index (χ0v) is 6.34. The van der Waals surface area contributed by atoms with Crippen molar-refractivity contribution in [3.63, 3.8) is 0 Å². The van der Waals surface area contributed by atoms with E-state index in [2.05, 4.69) is 0 Å². The first-order valence-electron chi connectivity index (χ1n) is 3.07. The van der Waals surface area contributed by atoms with Gasteiger partial charge in [0.1, 0.15) is 0 Å². The molecule has 1 unspecified atom stereocenters. The molecule has 0 amide bonds. The van der Waals surface area contributed by atoms with Crippen molar-refractivity contribution in [2.24, 2.45) is 5.92 Å². The number of hydrogen-bond donors (Lipinski definition) is 0. The third kappa shape index (κ3) is 2.73. The Hall–Kier alpha value is -0.190. The van der Waals surface area contributed by atoms with E-state index in [0.29, 0.717) is 5.75 Å². The van der Waals surface area contributed by atoms with Crippen LogP contribution < -0.4 is 0 Å². The molecule has 1 aliphatic rings. The first-order chi connectivity index (χ1) is 4.99. The summed E-state index contributed by atoms with van der Waals surface area (Å²) in [6.45, 7) is 0. The number of rotatable bonds is 2. The molecule has 1 radical (unpaired) electrons. The SMILES string of the molecule is O=C1SCC1C[CH]C(F)(F)F. The smallest absolute Gasteiger partial charge is 0.287 e. The van der Waals surface area contributed by atoms with Crippen LogP contribution in [-0.4, -0.2) is 17.0 Å². The van der Waals surface area contributed by atoms with Gasteiger partial charge in [-0.15, -0.1) is 0 Å². The minimum absolute atomic E-state index is 0.120. The normalized spacial score (nSPS) is 25.0. The van der Waals surface area contributed by atoms with Gasteiger partial charge in [-0.1, -0.05) is 11.8 Å². The second-order valence-electron chi connectivity index (χ2n) is 2.31. The Balaban J connectivity index is 2.17. The lowest BCUT2D eigenvalue weighted by atomic mass is 10.1. The molecule has 0 saturated carbocycles. The number of alkyl halides is 3. The van der Waals surface area contributed by atoms with Crippen molar-refractivity contribution in [3.05, 3.63) is 6.42 Å². The van der Waals surface area contributed by atoms with E-state index in [4.69, 9.17) is 0 Å². The van der Waals surface area contributed by atoms with Crippen LogP contribution in [0.4, 0.5) is 13.2 Å². The number of hydrogen-bond acceptors (Lipinski definition) is 2. The van der Waals surface area contributed by atoms with Crippen molar-refractivity contribution < 1.29 is 18.0 Å². The molecule has 0 aromatic rings. The summed E-state index contributed by atoms with van der Waals surface area (Å²) < 4.78 is 34.6.